The maximum Gasteiger partial charge on any atom is 0.419 e. The first-order valence-electron chi connectivity index (χ1n) is 7.11. The van der Waals surface area contributed by atoms with Crippen molar-refractivity contribution in [3.05, 3.63) is 58.6 Å². The van der Waals surface area contributed by atoms with Gasteiger partial charge in [0.1, 0.15) is 0 Å². The van der Waals surface area contributed by atoms with Crippen LogP contribution in [0.15, 0.2) is 48.5 Å². The zero-order valence-electron chi connectivity index (χ0n) is 12.3. The Morgan fingerprint density at radius 2 is 1.68 bits per heavy atom. The summed E-state index contributed by atoms with van der Waals surface area (Å²) in [6.07, 6.45) is 1.27. The van der Waals surface area contributed by atoms with Crippen molar-refractivity contribution in [2.45, 2.75) is 19.8 Å². The number of unbranched alkanes of at least 4 members (excludes halogenated alkanes) is 1. The summed E-state index contributed by atoms with van der Waals surface area (Å²) in [4.78, 5) is 13.9. The number of rotatable bonds is 5. The molecule has 22 heavy (non-hydrogen) atoms. The maximum atomic E-state index is 12.5. The van der Waals surface area contributed by atoms with E-state index in [4.69, 9.17) is 27.9 Å². The van der Waals surface area contributed by atoms with Gasteiger partial charge in [0.05, 0.1) is 28.0 Å². The minimum atomic E-state index is -0.491. The zero-order valence-corrected chi connectivity index (χ0v) is 13.8. The van der Waals surface area contributed by atoms with E-state index < -0.39 is 6.09 Å². The zero-order chi connectivity index (χ0) is 15.9. The van der Waals surface area contributed by atoms with Crippen LogP contribution in [0.2, 0.25) is 10.0 Å². The van der Waals surface area contributed by atoms with Crippen molar-refractivity contribution in [3.8, 4) is 0 Å². The summed E-state index contributed by atoms with van der Waals surface area (Å²) in [5, 5.41) is 0.785. The number of hydrogen-bond acceptors (Lipinski definition) is 2. The molecule has 0 heterocycles. The first-order chi connectivity index (χ1) is 10.6. The highest BCUT2D eigenvalue weighted by atomic mass is 35.5. The largest absolute Gasteiger partial charge is 0.449 e. The summed E-state index contributed by atoms with van der Waals surface area (Å²) >= 11 is 12.5. The number of anilines is 2. The molecule has 0 saturated heterocycles. The third-order valence-electron chi connectivity index (χ3n) is 3.08. The van der Waals surface area contributed by atoms with Crippen molar-refractivity contribution in [2.75, 3.05) is 11.5 Å². The molecule has 3 nitrogen and oxygen atoms in total. The van der Waals surface area contributed by atoms with Gasteiger partial charge in [-0.05, 0) is 30.7 Å². The third-order valence-corrected chi connectivity index (χ3v) is 3.69. The van der Waals surface area contributed by atoms with E-state index in [1.165, 1.54) is 4.90 Å². The minimum Gasteiger partial charge on any atom is -0.449 e. The SMILES string of the molecule is CCCCOC(=O)N(c1ccccc1)c1c(Cl)cccc1Cl. The van der Waals surface area contributed by atoms with Crippen LogP contribution in [0.4, 0.5) is 16.2 Å². The van der Waals surface area contributed by atoms with E-state index in [0.29, 0.717) is 28.0 Å². The molecule has 0 atom stereocenters. The number of halogens is 2. The number of carbonyl (C=O) groups excluding carboxylic acids is 1. The van der Waals surface area contributed by atoms with Gasteiger partial charge < -0.3 is 4.74 Å². The Labute approximate surface area is 140 Å². The number of hydrogen-bond donors (Lipinski definition) is 0. The van der Waals surface area contributed by atoms with Crippen molar-refractivity contribution >= 4 is 40.7 Å². The Morgan fingerprint density at radius 3 is 2.27 bits per heavy atom. The Bertz CT molecular complexity index is 612. The highest BCUT2D eigenvalue weighted by molar-refractivity contribution is 6.40. The number of carbonyl (C=O) groups is 1. The van der Waals surface area contributed by atoms with Crippen LogP contribution in [0.5, 0.6) is 0 Å². The lowest BCUT2D eigenvalue weighted by molar-refractivity contribution is 0.155. The minimum absolute atomic E-state index is 0.362. The second-order valence-electron chi connectivity index (χ2n) is 4.71. The van der Waals surface area contributed by atoms with Crippen molar-refractivity contribution < 1.29 is 9.53 Å². The van der Waals surface area contributed by atoms with Crippen LogP contribution in [0.25, 0.3) is 0 Å². The molecule has 0 bridgehead atoms. The third kappa shape index (κ3) is 3.93. The molecule has 0 aromatic heterocycles. The van der Waals surface area contributed by atoms with E-state index in [-0.39, 0.29) is 0 Å². The maximum absolute atomic E-state index is 12.5. The van der Waals surface area contributed by atoms with Crippen LogP contribution in [0, 0.1) is 0 Å². The fourth-order valence-corrected chi connectivity index (χ4v) is 2.54. The molecule has 1 amide bonds. The number of para-hydroxylation sites is 2. The van der Waals surface area contributed by atoms with Gasteiger partial charge in [-0.25, -0.2) is 9.69 Å². The molecule has 0 aliphatic rings. The fourth-order valence-electron chi connectivity index (χ4n) is 1.97. The number of benzene rings is 2. The molecule has 0 N–H and O–H groups in total. The predicted octanol–water partition coefficient (Wildman–Crippen LogP) is 6.07. The lowest BCUT2D eigenvalue weighted by atomic mass is 10.2. The molecular formula is C17H17Cl2NO2. The molecule has 0 saturated carbocycles. The molecule has 2 rings (SSSR count). The topological polar surface area (TPSA) is 29.5 Å². The van der Waals surface area contributed by atoms with Crippen molar-refractivity contribution in [3.63, 3.8) is 0 Å². The monoisotopic (exact) mass is 337 g/mol. The quantitative estimate of drug-likeness (QED) is 0.619. The lowest BCUT2D eigenvalue weighted by Gasteiger charge is -2.24. The number of nitrogens with zero attached hydrogens (tertiary/aromatic N) is 1. The van der Waals surface area contributed by atoms with Gasteiger partial charge in [0, 0.05) is 0 Å². The Morgan fingerprint density at radius 1 is 1.05 bits per heavy atom. The van der Waals surface area contributed by atoms with Crippen LogP contribution >= 0.6 is 23.2 Å². The molecule has 2 aromatic rings. The van der Waals surface area contributed by atoms with E-state index >= 15 is 0 Å². The van der Waals surface area contributed by atoms with E-state index in [0.717, 1.165) is 12.8 Å². The van der Waals surface area contributed by atoms with Gasteiger partial charge in [-0.1, -0.05) is 60.8 Å². The molecule has 0 spiro atoms. The molecule has 0 fully saturated rings. The van der Waals surface area contributed by atoms with Crippen molar-refractivity contribution in [1.82, 2.24) is 0 Å². The van der Waals surface area contributed by atoms with Gasteiger partial charge in [-0.3, -0.25) is 0 Å². The lowest BCUT2D eigenvalue weighted by Crippen LogP contribution is -2.27. The molecule has 0 aliphatic carbocycles. The normalized spacial score (nSPS) is 10.3. The summed E-state index contributed by atoms with van der Waals surface area (Å²) in [7, 11) is 0. The highest BCUT2D eigenvalue weighted by Gasteiger charge is 2.24. The second kappa shape index (κ2) is 8.06. The molecule has 5 heteroatoms. The second-order valence-corrected chi connectivity index (χ2v) is 5.52. The summed E-state index contributed by atoms with van der Waals surface area (Å²) in [6.45, 7) is 2.40. The van der Waals surface area contributed by atoms with Gasteiger partial charge in [-0.2, -0.15) is 0 Å². The van der Waals surface area contributed by atoms with Crippen LogP contribution in [0.1, 0.15) is 19.8 Å². The summed E-state index contributed by atoms with van der Waals surface area (Å²) < 4.78 is 5.33. The Kier molecular flexibility index (Phi) is 6.10. The molecular weight excluding hydrogens is 321 g/mol. The van der Waals surface area contributed by atoms with E-state index in [2.05, 4.69) is 0 Å². The van der Waals surface area contributed by atoms with Crippen molar-refractivity contribution in [2.24, 2.45) is 0 Å². The van der Waals surface area contributed by atoms with E-state index in [1.54, 1.807) is 30.3 Å². The highest BCUT2D eigenvalue weighted by Crippen LogP contribution is 2.38. The standard InChI is InChI=1S/C17H17Cl2NO2/c1-2-3-12-22-17(21)20(13-8-5-4-6-9-13)16-14(18)10-7-11-15(16)19/h4-11H,2-3,12H2,1H3. The van der Waals surface area contributed by atoms with Crippen LogP contribution < -0.4 is 4.90 Å². The van der Waals surface area contributed by atoms with Gasteiger partial charge in [0.25, 0.3) is 0 Å². The van der Waals surface area contributed by atoms with Gasteiger partial charge in [-0.15, -0.1) is 0 Å². The average molecular weight is 338 g/mol. The summed E-state index contributed by atoms with van der Waals surface area (Å²) in [5.74, 6) is 0. The van der Waals surface area contributed by atoms with E-state index in [9.17, 15) is 4.79 Å². The molecule has 0 aliphatic heterocycles. The van der Waals surface area contributed by atoms with E-state index in [1.807, 2.05) is 25.1 Å². The van der Waals surface area contributed by atoms with Crippen LogP contribution in [-0.4, -0.2) is 12.7 Å². The Hall–Kier alpha value is -1.71. The smallest absolute Gasteiger partial charge is 0.419 e. The van der Waals surface area contributed by atoms with Crippen LogP contribution in [0.3, 0.4) is 0 Å². The Balaban J connectivity index is 2.40. The first-order valence-corrected chi connectivity index (χ1v) is 7.86. The predicted molar refractivity (Wildman–Crippen MR) is 91.3 cm³/mol. The molecule has 2 aromatic carbocycles. The van der Waals surface area contributed by atoms with Crippen LogP contribution in [-0.2, 0) is 4.74 Å². The molecule has 116 valence electrons. The number of amides is 1. The fraction of sp³-hybridized carbons (Fsp3) is 0.235. The average Bonchev–Trinajstić information content (AvgIpc) is 2.52. The summed E-state index contributed by atoms with van der Waals surface area (Å²) in [6, 6.07) is 14.3. The van der Waals surface area contributed by atoms with Gasteiger partial charge in [0.15, 0.2) is 0 Å². The first kappa shape index (κ1) is 16.7. The van der Waals surface area contributed by atoms with Gasteiger partial charge >= 0.3 is 6.09 Å². The molecule has 0 radical (unpaired) electrons. The summed E-state index contributed by atoms with van der Waals surface area (Å²) in [5.41, 5.74) is 1.08. The van der Waals surface area contributed by atoms with Gasteiger partial charge in [0.2, 0.25) is 0 Å². The van der Waals surface area contributed by atoms with Crippen molar-refractivity contribution in [1.29, 1.82) is 0 Å². The molecule has 0 unspecified atom stereocenters. The number of ether oxygens (including phenoxy) is 1.